The zero-order chi connectivity index (χ0) is 14.1. The Labute approximate surface area is 117 Å². The lowest BCUT2D eigenvalue weighted by atomic mass is 10.2. The second-order valence-corrected chi connectivity index (χ2v) is 5.25. The highest BCUT2D eigenvalue weighted by Crippen LogP contribution is 2.19. The van der Waals surface area contributed by atoms with Crippen LogP contribution in [0.4, 0.5) is 0 Å². The summed E-state index contributed by atoms with van der Waals surface area (Å²) < 4.78 is 9.85. The molecular formula is C14H17NO3S. The van der Waals surface area contributed by atoms with Crippen molar-refractivity contribution in [3.05, 3.63) is 35.4 Å². The number of carbonyl (C=O) groups excluding carboxylic acids is 1. The topological polar surface area (TPSA) is 59.3 Å². The predicted molar refractivity (Wildman–Crippen MR) is 74.7 cm³/mol. The van der Waals surface area contributed by atoms with Crippen molar-refractivity contribution in [1.29, 1.82) is 5.26 Å². The van der Waals surface area contributed by atoms with E-state index in [4.69, 9.17) is 14.7 Å². The molecule has 0 aromatic heterocycles. The second-order valence-electron chi connectivity index (χ2n) is 3.93. The molecule has 0 saturated carbocycles. The van der Waals surface area contributed by atoms with E-state index in [1.165, 1.54) is 11.8 Å². The van der Waals surface area contributed by atoms with Gasteiger partial charge in [-0.25, -0.2) is 0 Å². The van der Waals surface area contributed by atoms with Gasteiger partial charge in [-0.05, 0) is 24.6 Å². The molecule has 0 aliphatic heterocycles. The summed E-state index contributed by atoms with van der Waals surface area (Å²) in [4.78, 5) is 11.6. The van der Waals surface area contributed by atoms with Crippen LogP contribution in [0, 0.1) is 11.3 Å². The van der Waals surface area contributed by atoms with Gasteiger partial charge < -0.3 is 9.47 Å². The number of nitriles is 1. The zero-order valence-electron chi connectivity index (χ0n) is 11.1. The molecule has 1 atom stereocenters. The van der Waals surface area contributed by atoms with E-state index < -0.39 is 0 Å². The van der Waals surface area contributed by atoms with Crippen molar-refractivity contribution in [3.63, 3.8) is 0 Å². The Balaban J connectivity index is 2.38. The lowest BCUT2D eigenvalue weighted by Crippen LogP contribution is -2.19. The molecule has 0 bridgehead atoms. The lowest BCUT2D eigenvalue weighted by Gasteiger charge is -2.11. The summed E-state index contributed by atoms with van der Waals surface area (Å²) in [5.41, 5.74) is 1.66. The predicted octanol–water partition coefficient (Wildman–Crippen LogP) is 2.37. The van der Waals surface area contributed by atoms with Crippen LogP contribution < -0.4 is 0 Å². The molecule has 0 aliphatic rings. The van der Waals surface area contributed by atoms with Crippen LogP contribution in [-0.2, 0) is 20.0 Å². The molecule has 0 amide bonds. The first-order valence-electron chi connectivity index (χ1n) is 5.93. The van der Waals surface area contributed by atoms with E-state index in [0.29, 0.717) is 17.9 Å². The largest absolute Gasteiger partial charge is 0.462 e. The smallest absolute Gasteiger partial charge is 0.318 e. The Bertz CT molecular complexity index is 456. The number of ether oxygens (including phenoxy) is 2. The quantitative estimate of drug-likeness (QED) is 0.566. The molecule has 0 fully saturated rings. The Morgan fingerprint density at radius 2 is 2.26 bits per heavy atom. The molecule has 0 radical (unpaired) electrons. The van der Waals surface area contributed by atoms with E-state index in [-0.39, 0.29) is 17.8 Å². The number of esters is 1. The maximum absolute atomic E-state index is 11.6. The monoisotopic (exact) mass is 279 g/mol. The minimum absolute atomic E-state index is 0.234. The maximum atomic E-state index is 11.6. The summed E-state index contributed by atoms with van der Waals surface area (Å²) in [6.45, 7) is 2.51. The van der Waals surface area contributed by atoms with Gasteiger partial charge in [0, 0.05) is 12.9 Å². The van der Waals surface area contributed by atoms with Crippen molar-refractivity contribution in [2.45, 2.75) is 17.9 Å². The molecule has 4 nitrogen and oxygen atoms in total. The summed E-state index contributed by atoms with van der Waals surface area (Å²) in [5.74, 6) is 0.439. The van der Waals surface area contributed by atoms with Gasteiger partial charge in [0.05, 0.1) is 23.5 Å². The van der Waals surface area contributed by atoms with Crippen molar-refractivity contribution in [2.75, 3.05) is 20.3 Å². The minimum atomic E-state index is -0.238. The van der Waals surface area contributed by atoms with E-state index >= 15 is 0 Å². The van der Waals surface area contributed by atoms with Gasteiger partial charge in [0.15, 0.2) is 0 Å². The first-order valence-corrected chi connectivity index (χ1v) is 6.98. The summed E-state index contributed by atoms with van der Waals surface area (Å²) in [6.07, 6.45) is 0. The highest BCUT2D eigenvalue weighted by molar-refractivity contribution is 7.99. The minimum Gasteiger partial charge on any atom is -0.462 e. The molecule has 1 aromatic rings. The molecule has 0 N–H and O–H groups in total. The van der Waals surface area contributed by atoms with Crippen LogP contribution in [0.15, 0.2) is 24.3 Å². The van der Waals surface area contributed by atoms with Crippen LogP contribution >= 0.6 is 11.8 Å². The van der Waals surface area contributed by atoms with Gasteiger partial charge in [0.25, 0.3) is 0 Å². The van der Waals surface area contributed by atoms with Gasteiger partial charge in [-0.15, -0.1) is 11.8 Å². The molecule has 0 saturated heterocycles. The molecule has 1 rings (SSSR count). The fourth-order valence-corrected chi connectivity index (χ4v) is 2.19. The van der Waals surface area contributed by atoms with Crippen LogP contribution in [-0.4, -0.2) is 31.5 Å². The Kier molecular flexibility index (Phi) is 7.01. The summed E-state index contributed by atoms with van der Waals surface area (Å²) >= 11 is 1.49. The van der Waals surface area contributed by atoms with Crippen molar-refractivity contribution < 1.29 is 14.3 Å². The zero-order valence-corrected chi connectivity index (χ0v) is 11.9. The van der Waals surface area contributed by atoms with Crippen molar-refractivity contribution >= 4 is 17.7 Å². The second kappa shape index (κ2) is 8.57. The molecule has 0 aliphatic carbocycles. The van der Waals surface area contributed by atoms with Crippen molar-refractivity contribution in [1.82, 2.24) is 0 Å². The molecule has 0 spiro atoms. The van der Waals surface area contributed by atoms with Crippen LogP contribution in [0.3, 0.4) is 0 Å². The van der Waals surface area contributed by atoms with Crippen LogP contribution in [0.5, 0.6) is 0 Å². The lowest BCUT2D eigenvalue weighted by molar-refractivity contribution is -0.143. The SMILES string of the molecule is COCCOC(=O)C(C)SCc1cccc(C#N)c1. The third-order valence-corrected chi connectivity index (χ3v) is 3.61. The van der Waals surface area contributed by atoms with Crippen LogP contribution in [0.25, 0.3) is 0 Å². The number of methoxy groups -OCH3 is 1. The molecule has 1 aromatic carbocycles. The number of nitrogens with zero attached hydrogens (tertiary/aromatic N) is 1. The molecule has 19 heavy (non-hydrogen) atoms. The number of thioether (sulfide) groups is 1. The number of benzene rings is 1. The van der Waals surface area contributed by atoms with E-state index in [0.717, 1.165) is 5.56 Å². The van der Waals surface area contributed by atoms with Gasteiger partial charge in [-0.3, -0.25) is 4.79 Å². The Hall–Kier alpha value is -1.51. The Morgan fingerprint density at radius 1 is 1.47 bits per heavy atom. The highest BCUT2D eigenvalue weighted by atomic mass is 32.2. The summed E-state index contributed by atoms with van der Waals surface area (Å²) in [7, 11) is 1.56. The number of carbonyl (C=O) groups is 1. The first-order chi connectivity index (χ1) is 9.17. The molecule has 102 valence electrons. The van der Waals surface area contributed by atoms with Gasteiger partial charge >= 0.3 is 5.97 Å². The van der Waals surface area contributed by atoms with Crippen LogP contribution in [0.1, 0.15) is 18.1 Å². The first kappa shape index (κ1) is 15.5. The Morgan fingerprint density at radius 3 is 2.95 bits per heavy atom. The fraction of sp³-hybridized carbons (Fsp3) is 0.429. The summed E-state index contributed by atoms with van der Waals surface area (Å²) in [6, 6.07) is 9.47. The van der Waals surface area contributed by atoms with Crippen molar-refractivity contribution in [3.8, 4) is 6.07 Å². The van der Waals surface area contributed by atoms with E-state index in [2.05, 4.69) is 6.07 Å². The molecule has 1 unspecified atom stereocenters. The molecule has 0 heterocycles. The third-order valence-electron chi connectivity index (χ3n) is 2.42. The van der Waals surface area contributed by atoms with E-state index in [9.17, 15) is 4.79 Å². The van der Waals surface area contributed by atoms with Gasteiger partial charge in [0.1, 0.15) is 6.61 Å². The summed E-state index contributed by atoms with van der Waals surface area (Å²) in [5, 5.41) is 8.57. The van der Waals surface area contributed by atoms with Gasteiger partial charge in [0.2, 0.25) is 0 Å². The molecular weight excluding hydrogens is 262 g/mol. The average Bonchev–Trinajstić information content (AvgIpc) is 2.45. The standard InChI is InChI=1S/C14H17NO3S/c1-11(14(16)18-7-6-17-2)19-10-13-5-3-4-12(8-13)9-15/h3-5,8,11H,6-7,10H2,1-2H3. The number of hydrogen-bond acceptors (Lipinski definition) is 5. The van der Waals surface area contributed by atoms with Gasteiger partial charge in [-0.2, -0.15) is 5.26 Å². The molecule has 5 heteroatoms. The van der Waals surface area contributed by atoms with E-state index in [1.807, 2.05) is 25.1 Å². The average molecular weight is 279 g/mol. The number of rotatable bonds is 7. The van der Waals surface area contributed by atoms with Gasteiger partial charge in [-0.1, -0.05) is 12.1 Å². The van der Waals surface area contributed by atoms with E-state index in [1.54, 1.807) is 13.2 Å². The highest BCUT2D eigenvalue weighted by Gasteiger charge is 2.14. The third kappa shape index (κ3) is 5.77. The fourth-order valence-electron chi connectivity index (χ4n) is 1.36. The van der Waals surface area contributed by atoms with Crippen LogP contribution in [0.2, 0.25) is 0 Å². The maximum Gasteiger partial charge on any atom is 0.318 e. The number of hydrogen-bond donors (Lipinski definition) is 0. The van der Waals surface area contributed by atoms with Crippen molar-refractivity contribution in [2.24, 2.45) is 0 Å². The normalized spacial score (nSPS) is 11.6.